The normalized spacial score (nSPS) is 20.0. The van der Waals surface area contributed by atoms with E-state index in [2.05, 4.69) is 10.0 Å². The Labute approximate surface area is 188 Å². The van der Waals surface area contributed by atoms with Crippen LogP contribution in [-0.2, 0) is 21.4 Å². The van der Waals surface area contributed by atoms with Gasteiger partial charge in [0.05, 0.1) is 12.0 Å². The lowest BCUT2D eigenvalue weighted by Crippen LogP contribution is -2.36. The Hall–Kier alpha value is -2.78. The molecule has 0 saturated heterocycles. The molecule has 1 fully saturated rings. The van der Waals surface area contributed by atoms with Crippen molar-refractivity contribution in [2.75, 3.05) is 20.4 Å². The molecule has 2 aromatic rings. The van der Waals surface area contributed by atoms with Crippen molar-refractivity contribution in [2.45, 2.75) is 37.1 Å². The molecular formula is C23H28N2O6S. The average Bonchev–Trinajstić information content (AvgIpc) is 3.29. The van der Waals surface area contributed by atoms with Crippen LogP contribution in [0.5, 0.6) is 17.2 Å². The Morgan fingerprint density at radius 1 is 1.03 bits per heavy atom. The van der Waals surface area contributed by atoms with E-state index in [0.717, 1.165) is 37.0 Å². The fourth-order valence-electron chi connectivity index (χ4n) is 4.08. The fraction of sp³-hybridized carbons (Fsp3) is 0.435. The highest BCUT2D eigenvalue weighted by Crippen LogP contribution is 2.33. The van der Waals surface area contributed by atoms with Gasteiger partial charge in [0.2, 0.25) is 22.7 Å². The van der Waals surface area contributed by atoms with Crippen molar-refractivity contribution in [3.8, 4) is 17.2 Å². The van der Waals surface area contributed by atoms with Crippen molar-refractivity contribution >= 4 is 15.9 Å². The molecule has 0 bridgehead atoms. The molecule has 1 heterocycles. The van der Waals surface area contributed by atoms with Gasteiger partial charge in [-0.2, -0.15) is 0 Å². The molecule has 1 amide bonds. The number of carbonyl (C=O) groups is 1. The summed E-state index contributed by atoms with van der Waals surface area (Å²) in [5.41, 5.74) is 0.962. The van der Waals surface area contributed by atoms with Crippen molar-refractivity contribution in [3.05, 3.63) is 48.0 Å². The molecule has 1 aliphatic heterocycles. The Kier molecular flexibility index (Phi) is 6.86. The molecule has 4 rings (SSSR count). The summed E-state index contributed by atoms with van der Waals surface area (Å²) in [6, 6.07) is 12.0. The van der Waals surface area contributed by atoms with Gasteiger partial charge in [-0.3, -0.25) is 4.79 Å². The van der Waals surface area contributed by atoms with Gasteiger partial charge in [0.1, 0.15) is 5.75 Å². The number of rotatable bonds is 8. The number of carbonyl (C=O) groups excluding carboxylic acids is 1. The van der Waals surface area contributed by atoms with Gasteiger partial charge in [-0.1, -0.05) is 6.07 Å². The highest BCUT2D eigenvalue weighted by atomic mass is 32.2. The number of methoxy groups -OCH3 is 1. The second-order valence-corrected chi connectivity index (χ2v) is 9.92. The number of ether oxygens (including phenoxy) is 3. The second-order valence-electron chi connectivity index (χ2n) is 8.15. The van der Waals surface area contributed by atoms with Crippen LogP contribution in [0.25, 0.3) is 0 Å². The molecule has 0 atom stereocenters. The van der Waals surface area contributed by atoms with Crippen LogP contribution in [0.15, 0.2) is 47.4 Å². The van der Waals surface area contributed by atoms with Gasteiger partial charge in [-0.05, 0) is 73.6 Å². The lowest BCUT2D eigenvalue weighted by molar-refractivity contribution is -0.126. The average molecular weight is 461 g/mol. The molecule has 32 heavy (non-hydrogen) atoms. The topological polar surface area (TPSA) is 103 Å². The first kappa shape index (κ1) is 22.4. The van der Waals surface area contributed by atoms with E-state index >= 15 is 0 Å². The van der Waals surface area contributed by atoms with E-state index < -0.39 is 10.0 Å². The summed E-state index contributed by atoms with van der Waals surface area (Å²) in [6.07, 6.45) is 3.13. The van der Waals surface area contributed by atoms with Gasteiger partial charge in [0.15, 0.2) is 11.5 Å². The summed E-state index contributed by atoms with van der Waals surface area (Å²) < 4.78 is 43.5. The third kappa shape index (κ3) is 5.34. The Morgan fingerprint density at radius 3 is 2.47 bits per heavy atom. The maximum Gasteiger partial charge on any atom is 0.240 e. The number of amides is 1. The van der Waals surface area contributed by atoms with Gasteiger partial charge in [0.25, 0.3) is 0 Å². The Balaban J connectivity index is 1.21. The van der Waals surface area contributed by atoms with E-state index in [1.54, 1.807) is 12.1 Å². The quantitative estimate of drug-likeness (QED) is 0.628. The summed E-state index contributed by atoms with van der Waals surface area (Å²) in [5, 5.41) is 3.00. The Bertz CT molecular complexity index is 1050. The number of sulfonamides is 1. The van der Waals surface area contributed by atoms with Crippen LogP contribution >= 0.6 is 0 Å². The molecule has 1 aliphatic carbocycles. The standard InChI is InChI=1S/C23H28N2O6S/c1-29-19-7-9-20(10-8-19)32(27,28)25-14-16-2-5-18(6-3-16)23(26)24-13-17-4-11-21-22(12-17)31-15-30-21/h4,7-12,16,18,25H,2-3,5-6,13-15H2,1H3,(H,24,26). The fourth-order valence-corrected chi connectivity index (χ4v) is 5.20. The zero-order valence-corrected chi connectivity index (χ0v) is 18.8. The zero-order chi connectivity index (χ0) is 22.6. The molecular weight excluding hydrogens is 432 g/mol. The van der Waals surface area contributed by atoms with Gasteiger partial charge >= 0.3 is 0 Å². The highest BCUT2D eigenvalue weighted by molar-refractivity contribution is 7.89. The largest absolute Gasteiger partial charge is 0.497 e. The van der Waals surface area contributed by atoms with Crippen LogP contribution in [-0.4, -0.2) is 34.8 Å². The van der Waals surface area contributed by atoms with E-state index in [0.29, 0.717) is 24.6 Å². The van der Waals surface area contributed by atoms with Crippen molar-refractivity contribution in [2.24, 2.45) is 11.8 Å². The predicted molar refractivity (Wildman–Crippen MR) is 118 cm³/mol. The van der Waals surface area contributed by atoms with E-state index in [4.69, 9.17) is 14.2 Å². The number of hydrogen-bond donors (Lipinski definition) is 2. The van der Waals surface area contributed by atoms with Gasteiger partial charge in [-0.15, -0.1) is 0 Å². The van der Waals surface area contributed by atoms with E-state index in [9.17, 15) is 13.2 Å². The predicted octanol–water partition coefficient (Wildman–Crippen LogP) is 2.83. The minimum Gasteiger partial charge on any atom is -0.497 e. The van der Waals surface area contributed by atoms with Crippen LogP contribution in [0.4, 0.5) is 0 Å². The summed E-state index contributed by atoms with van der Waals surface area (Å²) in [6.45, 7) is 1.04. The third-order valence-corrected chi connectivity index (χ3v) is 7.49. The molecule has 0 aromatic heterocycles. The summed E-state index contributed by atoms with van der Waals surface area (Å²) >= 11 is 0. The molecule has 172 valence electrons. The van der Waals surface area contributed by atoms with Crippen LogP contribution in [0.3, 0.4) is 0 Å². The van der Waals surface area contributed by atoms with E-state index in [1.165, 1.54) is 19.2 Å². The van der Waals surface area contributed by atoms with Crippen molar-refractivity contribution in [1.82, 2.24) is 10.0 Å². The highest BCUT2D eigenvalue weighted by Gasteiger charge is 2.27. The van der Waals surface area contributed by atoms with E-state index in [-0.39, 0.29) is 29.4 Å². The smallest absolute Gasteiger partial charge is 0.240 e. The van der Waals surface area contributed by atoms with Crippen LogP contribution in [0.1, 0.15) is 31.2 Å². The molecule has 0 spiro atoms. The molecule has 1 saturated carbocycles. The number of hydrogen-bond acceptors (Lipinski definition) is 6. The molecule has 0 radical (unpaired) electrons. The summed E-state index contributed by atoms with van der Waals surface area (Å²) in [7, 11) is -2.02. The minimum atomic E-state index is -3.56. The second kappa shape index (κ2) is 9.79. The van der Waals surface area contributed by atoms with Crippen molar-refractivity contribution in [3.63, 3.8) is 0 Å². The first-order chi connectivity index (χ1) is 15.4. The molecule has 2 aliphatic rings. The van der Waals surface area contributed by atoms with Gasteiger partial charge in [0, 0.05) is 19.0 Å². The van der Waals surface area contributed by atoms with Crippen LogP contribution in [0, 0.1) is 11.8 Å². The third-order valence-electron chi connectivity index (χ3n) is 6.05. The van der Waals surface area contributed by atoms with Crippen molar-refractivity contribution < 1.29 is 27.4 Å². The molecule has 8 nitrogen and oxygen atoms in total. The van der Waals surface area contributed by atoms with Gasteiger partial charge in [-0.25, -0.2) is 13.1 Å². The molecule has 2 aromatic carbocycles. The maximum atomic E-state index is 12.6. The molecule has 0 unspecified atom stereocenters. The lowest BCUT2D eigenvalue weighted by atomic mass is 9.81. The molecule has 2 N–H and O–H groups in total. The molecule has 9 heteroatoms. The van der Waals surface area contributed by atoms with Crippen molar-refractivity contribution in [1.29, 1.82) is 0 Å². The Morgan fingerprint density at radius 2 is 1.75 bits per heavy atom. The zero-order valence-electron chi connectivity index (χ0n) is 18.0. The first-order valence-electron chi connectivity index (χ1n) is 10.7. The van der Waals surface area contributed by atoms with Crippen LogP contribution in [0.2, 0.25) is 0 Å². The summed E-state index contributed by atoms with van der Waals surface area (Å²) in [4.78, 5) is 12.8. The number of nitrogens with one attached hydrogen (secondary N) is 2. The first-order valence-corrected chi connectivity index (χ1v) is 12.2. The van der Waals surface area contributed by atoms with Crippen LogP contribution < -0.4 is 24.2 Å². The minimum absolute atomic E-state index is 0.0416. The van der Waals surface area contributed by atoms with Gasteiger partial charge < -0.3 is 19.5 Å². The number of benzene rings is 2. The summed E-state index contributed by atoms with van der Waals surface area (Å²) in [5.74, 6) is 2.26. The lowest BCUT2D eigenvalue weighted by Gasteiger charge is -2.28. The van der Waals surface area contributed by atoms with E-state index in [1.807, 2.05) is 18.2 Å². The number of fused-ring (bicyclic) bond motifs is 1. The monoisotopic (exact) mass is 460 g/mol. The SMILES string of the molecule is COc1ccc(S(=O)(=O)NCC2CCC(C(=O)NCc3ccc4c(c3)OCO4)CC2)cc1. The maximum absolute atomic E-state index is 12.6.